The summed E-state index contributed by atoms with van der Waals surface area (Å²) in [6.07, 6.45) is 5.60. The third kappa shape index (κ3) is 2.71. The van der Waals surface area contributed by atoms with Crippen molar-refractivity contribution < 1.29 is 4.74 Å². The Morgan fingerprint density at radius 3 is 2.79 bits per heavy atom. The van der Waals surface area contributed by atoms with Gasteiger partial charge in [0.2, 0.25) is 0 Å². The lowest BCUT2D eigenvalue weighted by atomic mass is 10.1. The number of benzene rings is 1. The maximum absolute atomic E-state index is 11.5. The molecule has 1 atom stereocenters. The highest BCUT2D eigenvalue weighted by Crippen LogP contribution is 2.16. The van der Waals surface area contributed by atoms with Crippen LogP contribution in [-0.4, -0.2) is 28.8 Å². The van der Waals surface area contributed by atoms with Crippen LogP contribution in [0.1, 0.15) is 12.8 Å². The highest BCUT2D eigenvalue weighted by Gasteiger charge is 2.13. The minimum absolute atomic E-state index is 0.124. The zero-order chi connectivity index (χ0) is 13.1. The molecule has 1 saturated heterocycles. The van der Waals surface area contributed by atoms with Crippen molar-refractivity contribution in [3.8, 4) is 5.69 Å². The van der Waals surface area contributed by atoms with Crippen LogP contribution in [0.5, 0.6) is 0 Å². The SMILES string of the molecule is O=c1[nH]ccn1-c1ccc(NC2CCCOC2)cc1. The van der Waals surface area contributed by atoms with Gasteiger partial charge in [0, 0.05) is 30.7 Å². The number of anilines is 1. The molecule has 1 unspecified atom stereocenters. The second kappa shape index (κ2) is 5.32. The van der Waals surface area contributed by atoms with Gasteiger partial charge in [-0.2, -0.15) is 0 Å². The fraction of sp³-hybridized carbons (Fsp3) is 0.357. The van der Waals surface area contributed by atoms with Crippen molar-refractivity contribution >= 4 is 5.69 Å². The quantitative estimate of drug-likeness (QED) is 0.883. The molecule has 2 heterocycles. The number of aromatic nitrogens is 2. The van der Waals surface area contributed by atoms with E-state index < -0.39 is 0 Å². The van der Waals surface area contributed by atoms with Crippen LogP contribution in [0.2, 0.25) is 0 Å². The predicted octanol–water partition coefficient (Wildman–Crippen LogP) is 1.76. The number of aromatic amines is 1. The molecule has 0 saturated carbocycles. The zero-order valence-electron chi connectivity index (χ0n) is 10.6. The monoisotopic (exact) mass is 259 g/mol. The topological polar surface area (TPSA) is 59.0 Å². The number of nitrogens with one attached hydrogen (secondary N) is 2. The molecule has 2 N–H and O–H groups in total. The van der Waals surface area contributed by atoms with Gasteiger partial charge in [-0.05, 0) is 37.1 Å². The lowest BCUT2D eigenvalue weighted by Crippen LogP contribution is -2.29. The summed E-state index contributed by atoms with van der Waals surface area (Å²) in [5, 5.41) is 3.45. The molecule has 0 radical (unpaired) electrons. The van der Waals surface area contributed by atoms with Crippen LogP contribution in [0, 0.1) is 0 Å². The van der Waals surface area contributed by atoms with Gasteiger partial charge in [0.1, 0.15) is 0 Å². The van der Waals surface area contributed by atoms with E-state index in [2.05, 4.69) is 10.3 Å². The molecule has 0 bridgehead atoms. The number of rotatable bonds is 3. The molecule has 0 amide bonds. The molecule has 0 spiro atoms. The Balaban J connectivity index is 1.72. The van der Waals surface area contributed by atoms with E-state index in [4.69, 9.17) is 4.74 Å². The fourth-order valence-electron chi connectivity index (χ4n) is 2.33. The number of imidazole rings is 1. The van der Waals surface area contributed by atoms with E-state index in [9.17, 15) is 4.79 Å². The number of nitrogens with zero attached hydrogens (tertiary/aromatic N) is 1. The van der Waals surface area contributed by atoms with E-state index in [0.29, 0.717) is 6.04 Å². The molecule has 1 aliphatic rings. The summed E-state index contributed by atoms with van der Waals surface area (Å²) in [5.41, 5.74) is 1.79. The molecular weight excluding hydrogens is 242 g/mol. The molecule has 0 aliphatic carbocycles. The Morgan fingerprint density at radius 2 is 2.16 bits per heavy atom. The maximum atomic E-state index is 11.5. The van der Waals surface area contributed by atoms with Gasteiger partial charge >= 0.3 is 5.69 Å². The van der Waals surface area contributed by atoms with Gasteiger partial charge < -0.3 is 15.0 Å². The minimum atomic E-state index is -0.124. The van der Waals surface area contributed by atoms with E-state index in [-0.39, 0.29) is 5.69 Å². The molecule has 1 aromatic heterocycles. The third-order valence-corrected chi connectivity index (χ3v) is 3.33. The summed E-state index contributed by atoms with van der Waals surface area (Å²) < 4.78 is 7.02. The Hall–Kier alpha value is -2.01. The van der Waals surface area contributed by atoms with E-state index in [1.807, 2.05) is 24.3 Å². The number of H-pyrrole nitrogens is 1. The second-order valence-electron chi connectivity index (χ2n) is 4.74. The summed E-state index contributed by atoms with van der Waals surface area (Å²) in [7, 11) is 0. The highest BCUT2D eigenvalue weighted by molar-refractivity contribution is 5.49. The van der Waals surface area contributed by atoms with Crippen LogP contribution in [0.3, 0.4) is 0 Å². The van der Waals surface area contributed by atoms with Crippen molar-refractivity contribution in [2.75, 3.05) is 18.5 Å². The average molecular weight is 259 g/mol. The van der Waals surface area contributed by atoms with Gasteiger partial charge in [0.05, 0.1) is 12.3 Å². The van der Waals surface area contributed by atoms with Gasteiger partial charge in [-0.3, -0.25) is 4.57 Å². The predicted molar refractivity (Wildman–Crippen MR) is 73.9 cm³/mol. The molecule has 1 fully saturated rings. The smallest absolute Gasteiger partial charge is 0.330 e. The van der Waals surface area contributed by atoms with E-state index in [1.54, 1.807) is 17.0 Å². The van der Waals surface area contributed by atoms with Gasteiger partial charge in [-0.1, -0.05) is 0 Å². The highest BCUT2D eigenvalue weighted by atomic mass is 16.5. The van der Waals surface area contributed by atoms with Crippen LogP contribution < -0.4 is 11.0 Å². The average Bonchev–Trinajstić information content (AvgIpc) is 2.87. The summed E-state index contributed by atoms with van der Waals surface area (Å²) in [6.45, 7) is 1.63. The Kier molecular flexibility index (Phi) is 3.37. The minimum Gasteiger partial charge on any atom is -0.380 e. The van der Waals surface area contributed by atoms with Crippen LogP contribution >= 0.6 is 0 Å². The molecule has 2 aromatic rings. The van der Waals surface area contributed by atoms with Crippen molar-refractivity contribution in [1.82, 2.24) is 9.55 Å². The van der Waals surface area contributed by atoms with Gasteiger partial charge in [0.15, 0.2) is 0 Å². The van der Waals surface area contributed by atoms with Crippen molar-refractivity contribution in [3.63, 3.8) is 0 Å². The summed E-state index contributed by atoms with van der Waals surface area (Å²) in [6, 6.07) is 8.23. The van der Waals surface area contributed by atoms with Crippen molar-refractivity contribution in [1.29, 1.82) is 0 Å². The molecule has 100 valence electrons. The first kappa shape index (κ1) is 12.0. The molecule has 5 nitrogen and oxygen atoms in total. The summed E-state index contributed by atoms with van der Waals surface area (Å²) >= 11 is 0. The van der Waals surface area contributed by atoms with Gasteiger partial charge in [0.25, 0.3) is 0 Å². The third-order valence-electron chi connectivity index (χ3n) is 3.33. The molecule has 19 heavy (non-hydrogen) atoms. The second-order valence-corrected chi connectivity index (χ2v) is 4.74. The summed E-state index contributed by atoms with van der Waals surface area (Å²) in [5.74, 6) is 0. The maximum Gasteiger partial charge on any atom is 0.330 e. The van der Waals surface area contributed by atoms with Gasteiger partial charge in [-0.25, -0.2) is 4.79 Å². The normalized spacial score (nSPS) is 19.3. The van der Waals surface area contributed by atoms with Gasteiger partial charge in [-0.15, -0.1) is 0 Å². The van der Waals surface area contributed by atoms with Crippen LogP contribution in [0.4, 0.5) is 5.69 Å². The summed E-state index contributed by atoms with van der Waals surface area (Å²) in [4.78, 5) is 14.1. The number of hydrogen-bond acceptors (Lipinski definition) is 3. The lowest BCUT2D eigenvalue weighted by molar-refractivity contribution is 0.0876. The molecular formula is C14H17N3O2. The number of ether oxygens (including phenoxy) is 1. The fourth-order valence-corrected chi connectivity index (χ4v) is 2.33. The largest absolute Gasteiger partial charge is 0.380 e. The standard InChI is InChI=1S/C14H17N3O2/c18-14-15-7-8-17(14)13-5-3-11(4-6-13)16-12-2-1-9-19-10-12/h3-8,12,16H,1-2,9-10H2,(H,15,18). The van der Waals surface area contributed by atoms with E-state index >= 15 is 0 Å². The van der Waals surface area contributed by atoms with Crippen molar-refractivity contribution in [2.45, 2.75) is 18.9 Å². The Labute approximate surface area is 111 Å². The van der Waals surface area contributed by atoms with E-state index in [1.165, 1.54) is 0 Å². The van der Waals surface area contributed by atoms with Crippen LogP contribution in [-0.2, 0) is 4.74 Å². The number of hydrogen-bond donors (Lipinski definition) is 2. The van der Waals surface area contributed by atoms with Crippen molar-refractivity contribution in [3.05, 3.63) is 47.1 Å². The first-order chi connectivity index (χ1) is 9.33. The Morgan fingerprint density at radius 1 is 1.32 bits per heavy atom. The zero-order valence-corrected chi connectivity index (χ0v) is 10.6. The van der Waals surface area contributed by atoms with E-state index in [0.717, 1.165) is 37.4 Å². The van der Waals surface area contributed by atoms with Crippen LogP contribution in [0.25, 0.3) is 5.69 Å². The molecule has 1 aromatic carbocycles. The molecule has 1 aliphatic heterocycles. The first-order valence-electron chi connectivity index (χ1n) is 6.54. The molecule has 5 heteroatoms. The lowest BCUT2D eigenvalue weighted by Gasteiger charge is -2.24. The molecule has 3 rings (SSSR count). The Bertz CT molecular complexity index is 579. The van der Waals surface area contributed by atoms with Crippen molar-refractivity contribution in [2.24, 2.45) is 0 Å². The first-order valence-corrected chi connectivity index (χ1v) is 6.54. The van der Waals surface area contributed by atoms with Crippen LogP contribution in [0.15, 0.2) is 41.5 Å².